The van der Waals surface area contributed by atoms with Gasteiger partial charge in [0.15, 0.2) is 5.66 Å². The van der Waals surface area contributed by atoms with Crippen molar-refractivity contribution in [1.29, 1.82) is 0 Å². The minimum atomic E-state index is -0.0386. The van der Waals surface area contributed by atoms with E-state index in [4.69, 9.17) is 0 Å². The molecule has 1 aliphatic rings. The molecule has 1 unspecified atom stereocenters. The SMILES string of the molecule is O=[PH+]C1CCCC1. The number of rotatable bonds is 1. The Bertz CT molecular complexity index is 66.5. The summed E-state index contributed by atoms with van der Waals surface area (Å²) >= 11 is 0. The summed E-state index contributed by atoms with van der Waals surface area (Å²) in [5.41, 5.74) is 0.569. The lowest BCUT2D eigenvalue weighted by atomic mass is 10.4. The largest absolute Gasteiger partial charge is 0.327 e. The standard InChI is InChI=1S/C5H9OP/c6-7-5-3-1-2-4-5/h5H,1-4H2/p+1. The van der Waals surface area contributed by atoms with Gasteiger partial charge in [-0.2, -0.15) is 0 Å². The molecular weight excluding hydrogens is 107 g/mol. The van der Waals surface area contributed by atoms with E-state index >= 15 is 0 Å². The van der Waals surface area contributed by atoms with E-state index in [9.17, 15) is 4.57 Å². The fourth-order valence-electron chi connectivity index (χ4n) is 1.04. The van der Waals surface area contributed by atoms with Gasteiger partial charge in [0.1, 0.15) is 0 Å². The molecule has 0 bridgehead atoms. The van der Waals surface area contributed by atoms with Crippen LogP contribution >= 0.6 is 8.46 Å². The second-order valence-electron chi connectivity index (χ2n) is 2.10. The van der Waals surface area contributed by atoms with E-state index in [0.29, 0.717) is 5.66 Å². The van der Waals surface area contributed by atoms with Crippen molar-refractivity contribution in [2.75, 3.05) is 0 Å². The lowest BCUT2D eigenvalue weighted by Crippen LogP contribution is -1.84. The molecule has 1 atom stereocenters. The zero-order valence-corrected chi connectivity index (χ0v) is 5.31. The second-order valence-corrected chi connectivity index (χ2v) is 3.15. The Kier molecular flexibility index (Phi) is 1.81. The maximum Gasteiger partial charge on any atom is 0.327 e. The lowest BCUT2D eigenvalue weighted by Gasteiger charge is -1.79. The van der Waals surface area contributed by atoms with Crippen molar-refractivity contribution in [3.05, 3.63) is 0 Å². The maximum atomic E-state index is 10.2. The molecule has 0 aliphatic heterocycles. The summed E-state index contributed by atoms with van der Waals surface area (Å²) in [4.78, 5) is 0. The van der Waals surface area contributed by atoms with Crippen LogP contribution in [0.3, 0.4) is 0 Å². The first-order valence-electron chi connectivity index (χ1n) is 2.81. The van der Waals surface area contributed by atoms with Gasteiger partial charge in [-0.1, -0.05) is 4.57 Å². The zero-order chi connectivity index (χ0) is 5.11. The predicted octanol–water partition coefficient (Wildman–Crippen LogP) is 1.95. The lowest BCUT2D eigenvalue weighted by molar-refractivity contribution is 0.590. The van der Waals surface area contributed by atoms with Gasteiger partial charge in [0.05, 0.1) is 0 Å². The minimum absolute atomic E-state index is 0.0386. The van der Waals surface area contributed by atoms with E-state index < -0.39 is 0 Å². The minimum Gasteiger partial charge on any atom is -0.0772 e. The van der Waals surface area contributed by atoms with E-state index in [-0.39, 0.29) is 8.46 Å². The number of hydrogen-bond acceptors (Lipinski definition) is 1. The van der Waals surface area contributed by atoms with Crippen LogP contribution in [-0.4, -0.2) is 5.66 Å². The molecule has 40 valence electrons. The van der Waals surface area contributed by atoms with Crippen molar-refractivity contribution in [3.63, 3.8) is 0 Å². The van der Waals surface area contributed by atoms with Crippen molar-refractivity contribution in [2.45, 2.75) is 31.3 Å². The molecule has 1 fully saturated rings. The smallest absolute Gasteiger partial charge is 0.0772 e. The highest BCUT2D eigenvalue weighted by Crippen LogP contribution is 2.27. The molecule has 7 heavy (non-hydrogen) atoms. The molecule has 0 heterocycles. The van der Waals surface area contributed by atoms with Gasteiger partial charge in [-0.25, -0.2) is 0 Å². The predicted molar refractivity (Wildman–Crippen MR) is 31.3 cm³/mol. The Labute approximate surface area is 45.3 Å². The van der Waals surface area contributed by atoms with E-state index in [2.05, 4.69) is 0 Å². The Morgan fingerprint density at radius 1 is 1.29 bits per heavy atom. The third-order valence-electron chi connectivity index (χ3n) is 1.52. The summed E-state index contributed by atoms with van der Waals surface area (Å²) in [6.45, 7) is 0. The summed E-state index contributed by atoms with van der Waals surface area (Å²) in [5.74, 6) is 0. The van der Waals surface area contributed by atoms with Crippen LogP contribution in [0.15, 0.2) is 0 Å². The monoisotopic (exact) mass is 117 g/mol. The molecule has 0 aromatic heterocycles. The third-order valence-corrected chi connectivity index (χ3v) is 2.43. The van der Waals surface area contributed by atoms with Crippen LogP contribution < -0.4 is 0 Å². The molecule has 0 aromatic carbocycles. The normalized spacial score (nSPS) is 24.0. The summed E-state index contributed by atoms with van der Waals surface area (Å²) in [7, 11) is -0.0386. The second kappa shape index (κ2) is 2.42. The van der Waals surface area contributed by atoms with Crippen LogP contribution in [-0.2, 0) is 4.57 Å². The van der Waals surface area contributed by atoms with Gasteiger partial charge < -0.3 is 0 Å². The number of hydrogen-bond donors (Lipinski definition) is 0. The van der Waals surface area contributed by atoms with Gasteiger partial charge in [0.2, 0.25) is 0 Å². The maximum absolute atomic E-state index is 10.2. The van der Waals surface area contributed by atoms with E-state index in [1.807, 2.05) is 0 Å². The fourth-order valence-corrected chi connectivity index (χ4v) is 1.69. The molecule has 1 rings (SSSR count). The molecule has 0 saturated heterocycles. The first kappa shape index (κ1) is 5.24. The molecule has 0 N–H and O–H groups in total. The van der Waals surface area contributed by atoms with Crippen molar-refractivity contribution >= 4 is 8.46 Å². The van der Waals surface area contributed by atoms with Gasteiger partial charge >= 0.3 is 8.46 Å². The van der Waals surface area contributed by atoms with E-state index in [0.717, 1.165) is 0 Å². The quantitative estimate of drug-likeness (QED) is 0.480. The first-order valence-corrected chi connectivity index (χ1v) is 3.79. The van der Waals surface area contributed by atoms with Gasteiger partial charge in [0, 0.05) is 0 Å². The Morgan fingerprint density at radius 3 is 2.14 bits per heavy atom. The highest BCUT2D eigenvalue weighted by Gasteiger charge is 2.20. The van der Waals surface area contributed by atoms with Crippen molar-refractivity contribution in [1.82, 2.24) is 0 Å². The Hall–Kier alpha value is 0.100. The molecule has 1 saturated carbocycles. The van der Waals surface area contributed by atoms with Crippen LogP contribution in [0.5, 0.6) is 0 Å². The Morgan fingerprint density at radius 2 is 1.86 bits per heavy atom. The van der Waals surface area contributed by atoms with Gasteiger partial charge in [-0.3, -0.25) is 0 Å². The van der Waals surface area contributed by atoms with Crippen molar-refractivity contribution in [3.8, 4) is 0 Å². The highest BCUT2D eigenvalue weighted by atomic mass is 31.1. The molecular formula is C5H10OP+. The van der Waals surface area contributed by atoms with Gasteiger partial charge in [0.25, 0.3) is 0 Å². The molecule has 0 amide bonds. The van der Waals surface area contributed by atoms with Gasteiger partial charge in [-0.15, -0.1) is 0 Å². The van der Waals surface area contributed by atoms with Crippen LogP contribution in [0.2, 0.25) is 0 Å². The van der Waals surface area contributed by atoms with Crippen LogP contribution in [0, 0.1) is 0 Å². The Balaban J connectivity index is 2.26. The first-order chi connectivity index (χ1) is 3.43. The molecule has 0 spiro atoms. The van der Waals surface area contributed by atoms with Crippen LogP contribution in [0.25, 0.3) is 0 Å². The summed E-state index contributed by atoms with van der Waals surface area (Å²) in [6, 6.07) is 0. The summed E-state index contributed by atoms with van der Waals surface area (Å²) in [6.07, 6.45) is 5.03. The third kappa shape index (κ3) is 1.24. The fraction of sp³-hybridized carbons (Fsp3) is 1.00. The highest BCUT2D eigenvalue weighted by molar-refractivity contribution is 7.24. The van der Waals surface area contributed by atoms with E-state index in [1.54, 1.807) is 0 Å². The average Bonchev–Trinajstić information content (AvgIpc) is 2.14. The average molecular weight is 117 g/mol. The van der Waals surface area contributed by atoms with Crippen molar-refractivity contribution in [2.24, 2.45) is 0 Å². The topological polar surface area (TPSA) is 17.1 Å². The van der Waals surface area contributed by atoms with Crippen LogP contribution in [0.1, 0.15) is 25.7 Å². The summed E-state index contributed by atoms with van der Waals surface area (Å²) in [5, 5.41) is 0. The van der Waals surface area contributed by atoms with Crippen molar-refractivity contribution < 1.29 is 4.57 Å². The molecule has 2 heteroatoms. The van der Waals surface area contributed by atoms with Gasteiger partial charge in [-0.05, 0) is 25.7 Å². The van der Waals surface area contributed by atoms with Crippen LogP contribution in [0.4, 0.5) is 0 Å². The molecule has 1 nitrogen and oxygen atoms in total. The molecule has 0 radical (unpaired) electrons. The molecule has 0 aromatic rings. The molecule has 1 aliphatic carbocycles. The summed E-state index contributed by atoms with van der Waals surface area (Å²) < 4.78 is 10.2. The zero-order valence-electron chi connectivity index (χ0n) is 4.31. The van der Waals surface area contributed by atoms with E-state index in [1.165, 1.54) is 25.7 Å².